The van der Waals surface area contributed by atoms with Crippen molar-refractivity contribution < 1.29 is 4.79 Å². The third kappa shape index (κ3) is 1.88. The highest BCUT2D eigenvalue weighted by molar-refractivity contribution is 5.88. The summed E-state index contributed by atoms with van der Waals surface area (Å²) in [4.78, 5) is 17.2. The van der Waals surface area contributed by atoms with E-state index in [1.54, 1.807) is 0 Å². The molecule has 2 N–H and O–H groups in total. The molecular formula is C14H17N3O. The molecule has 1 aliphatic heterocycles. The quantitative estimate of drug-likeness (QED) is 0.849. The highest BCUT2D eigenvalue weighted by atomic mass is 16.2. The van der Waals surface area contributed by atoms with Crippen LogP contribution in [0.3, 0.4) is 0 Å². The molecule has 3 rings (SSSR count). The lowest BCUT2D eigenvalue weighted by Gasteiger charge is -2.35. The first-order valence-corrected chi connectivity index (χ1v) is 6.27. The van der Waals surface area contributed by atoms with Gasteiger partial charge in [-0.05, 0) is 11.6 Å². The lowest BCUT2D eigenvalue weighted by molar-refractivity contribution is -0.132. The van der Waals surface area contributed by atoms with Crippen molar-refractivity contribution in [2.45, 2.75) is 12.5 Å². The lowest BCUT2D eigenvalue weighted by Crippen LogP contribution is -2.57. The summed E-state index contributed by atoms with van der Waals surface area (Å²) < 4.78 is 0. The molecule has 1 aliphatic rings. The number of hydrogen-bond donors (Lipinski definition) is 2. The number of H-pyrrole nitrogens is 1. The summed E-state index contributed by atoms with van der Waals surface area (Å²) in [6.07, 6.45) is 2.41. The summed E-state index contributed by atoms with van der Waals surface area (Å²) in [7, 11) is 1.89. The minimum Gasteiger partial charge on any atom is -0.361 e. The third-order valence-electron chi connectivity index (χ3n) is 3.72. The zero-order valence-electron chi connectivity index (χ0n) is 10.4. The summed E-state index contributed by atoms with van der Waals surface area (Å²) >= 11 is 0. The zero-order chi connectivity index (χ0) is 12.5. The number of para-hydroxylation sites is 1. The van der Waals surface area contributed by atoms with Crippen molar-refractivity contribution in [2.75, 3.05) is 20.1 Å². The summed E-state index contributed by atoms with van der Waals surface area (Å²) in [5.74, 6) is 0.186. The Bertz CT molecular complexity index is 571. The smallest absolute Gasteiger partial charge is 0.227 e. The second kappa shape index (κ2) is 4.46. The van der Waals surface area contributed by atoms with Crippen LogP contribution in [0.1, 0.15) is 5.56 Å². The van der Waals surface area contributed by atoms with Gasteiger partial charge in [0.1, 0.15) is 0 Å². The molecule has 0 spiro atoms. The number of carbonyl (C=O) groups excluding carboxylic acids is 1. The maximum absolute atomic E-state index is 12.2. The first-order chi connectivity index (χ1) is 8.75. The van der Waals surface area contributed by atoms with E-state index in [4.69, 9.17) is 0 Å². The zero-order valence-corrected chi connectivity index (χ0v) is 10.4. The van der Waals surface area contributed by atoms with Gasteiger partial charge in [0.2, 0.25) is 5.91 Å². The molecule has 1 saturated heterocycles. The van der Waals surface area contributed by atoms with Crippen LogP contribution in [0.4, 0.5) is 0 Å². The van der Waals surface area contributed by atoms with Crippen LogP contribution in [0.25, 0.3) is 10.9 Å². The van der Waals surface area contributed by atoms with Gasteiger partial charge in [0.05, 0.1) is 12.5 Å². The Balaban J connectivity index is 1.77. The molecule has 0 bridgehead atoms. The average molecular weight is 243 g/mol. The highest BCUT2D eigenvalue weighted by Gasteiger charge is 2.25. The van der Waals surface area contributed by atoms with Crippen molar-refractivity contribution in [1.82, 2.24) is 15.2 Å². The van der Waals surface area contributed by atoms with Crippen molar-refractivity contribution >= 4 is 16.8 Å². The summed E-state index contributed by atoms with van der Waals surface area (Å²) in [5, 5.41) is 4.33. The topological polar surface area (TPSA) is 48.1 Å². The number of nitrogens with one attached hydrogen (secondary N) is 2. The summed E-state index contributed by atoms with van der Waals surface area (Å²) in [6, 6.07) is 8.45. The number of benzene rings is 1. The van der Waals surface area contributed by atoms with Crippen molar-refractivity contribution in [3.8, 4) is 0 Å². The standard InChI is InChI=1S/C14H17N3O/c1-17(11-8-15-9-11)14(18)6-10-7-16-13-5-3-2-4-12(10)13/h2-5,7,11,15-16H,6,8-9H2,1H3. The van der Waals surface area contributed by atoms with Gasteiger partial charge in [0.15, 0.2) is 0 Å². The number of aromatic amines is 1. The second-order valence-corrected chi connectivity index (χ2v) is 4.85. The molecule has 4 heteroatoms. The van der Waals surface area contributed by atoms with Gasteiger partial charge in [0, 0.05) is 37.2 Å². The van der Waals surface area contributed by atoms with Crippen LogP contribution in [0, 0.1) is 0 Å². The maximum Gasteiger partial charge on any atom is 0.227 e. The van der Waals surface area contributed by atoms with E-state index in [1.807, 2.05) is 36.3 Å². The first-order valence-electron chi connectivity index (χ1n) is 6.27. The molecule has 0 unspecified atom stereocenters. The van der Waals surface area contributed by atoms with Crippen LogP contribution in [-0.2, 0) is 11.2 Å². The van der Waals surface area contributed by atoms with E-state index in [-0.39, 0.29) is 5.91 Å². The van der Waals surface area contributed by atoms with E-state index < -0.39 is 0 Å². The van der Waals surface area contributed by atoms with Crippen molar-refractivity contribution in [3.05, 3.63) is 36.0 Å². The minimum atomic E-state index is 0.186. The summed E-state index contributed by atoms with van der Waals surface area (Å²) in [5.41, 5.74) is 2.17. The minimum absolute atomic E-state index is 0.186. The fourth-order valence-electron chi connectivity index (χ4n) is 2.32. The number of carbonyl (C=O) groups is 1. The molecular weight excluding hydrogens is 226 g/mol. The molecule has 94 valence electrons. The molecule has 2 heterocycles. The maximum atomic E-state index is 12.2. The third-order valence-corrected chi connectivity index (χ3v) is 3.72. The molecule has 1 aromatic carbocycles. The molecule has 4 nitrogen and oxygen atoms in total. The van der Waals surface area contributed by atoms with E-state index in [2.05, 4.69) is 16.4 Å². The lowest BCUT2D eigenvalue weighted by atomic mass is 10.1. The molecule has 2 aromatic rings. The van der Waals surface area contributed by atoms with Crippen molar-refractivity contribution in [2.24, 2.45) is 0 Å². The SMILES string of the molecule is CN(C(=O)Cc1c[nH]c2ccccc12)C1CNC1. The predicted octanol–water partition coefficient (Wildman–Crippen LogP) is 1.14. The Morgan fingerprint density at radius 1 is 1.39 bits per heavy atom. The molecule has 18 heavy (non-hydrogen) atoms. The monoisotopic (exact) mass is 243 g/mol. The summed E-state index contributed by atoms with van der Waals surface area (Å²) in [6.45, 7) is 1.83. The van der Waals surface area contributed by atoms with Gasteiger partial charge in [-0.15, -0.1) is 0 Å². The van der Waals surface area contributed by atoms with Crippen LogP contribution >= 0.6 is 0 Å². The van der Waals surface area contributed by atoms with Crippen molar-refractivity contribution in [3.63, 3.8) is 0 Å². The number of likely N-dealkylation sites (N-methyl/N-ethyl adjacent to an activating group) is 1. The fraction of sp³-hybridized carbons (Fsp3) is 0.357. The van der Waals surface area contributed by atoms with Gasteiger partial charge >= 0.3 is 0 Å². The predicted molar refractivity (Wildman–Crippen MR) is 71.4 cm³/mol. The number of hydrogen-bond acceptors (Lipinski definition) is 2. The first kappa shape index (κ1) is 11.3. The Morgan fingerprint density at radius 2 is 2.17 bits per heavy atom. The van der Waals surface area contributed by atoms with Gasteiger partial charge in [-0.3, -0.25) is 4.79 Å². The van der Waals surface area contributed by atoms with E-state index >= 15 is 0 Å². The second-order valence-electron chi connectivity index (χ2n) is 4.85. The average Bonchev–Trinajstić information content (AvgIpc) is 2.70. The van der Waals surface area contributed by atoms with Gasteiger partial charge < -0.3 is 15.2 Å². The van der Waals surface area contributed by atoms with E-state index in [0.717, 1.165) is 29.6 Å². The van der Waals surface area contributed by atoms with E-state index in [1.165, 1.54) is 0 Å². The van der Waals surface area contributed by atoms with E-state index in [9.17, 15) is 4.79 Å². The number of fused-ring (bicyclic) bond motifs is 1. The van der Waals surface area contributed by atoms with Gasteiger partial charge in [0.25, 0.3) is 0 Å². The van der Waals surface area contributed by atoms with Gasteiger partial charge in [-0.1, -0.05) is 18.2 Å². The number of rotatable bonds is 3. The fourth-order valence-corrected chi connectivity index (χ4v) is 2.32. The molecule has 0 atom stereocenters. The molecule has 1 aromatic heterocycles. The molecule has 1 amide bonds. The Kier molecular flexibility index (Phi) is 2.80. The number of aromatic nitrogens is 1. The molecule has 1 fully saturated rings. The number of nitrogens with zero attached hydrogens (tertiary/aromatic N) is 1. The van der Waals surface area contributed by atoms with Crippen LogP contribution in [0.2, 0.25) is 0 Å². The number of amides is 1. The highest BCUT2D eigenvalue weighted by Crippen LogP contribution is 2.19. The van der Waals surface area contributed by atoms with Crippen LogP contribution in [0.15, 0.2) is 30.5 Å². The van der Waals surface area contributed by atoms with E-state index in [0.29, 0.717) is 12.5 Å². The Hall–Kier alpha value is -1.81. The van der Waals surface area contributed by atoms with Crippen LogP contribution < -0.4 is 5.32 Å². The van der Waals surface area contributed by atoms with Gasteiger partial charge in [-0.2, -0.15) is 0 Å². The normalized spacial score (nSPS) is 15.6. The van der Waals surface area contributed by atoms with Crippen molar-refractivity contribution in [1.29, 1.82) is 0 Å². The largest absolute Gasteiger partial charge is 0.361 e. The van der Waals surface area contributed by atoms with Crippen LogP contribution in [-0.4, -0.2) is 42.0 Å². The Labute approximate surface area is 106 Å². The molecule has 0 radical (unpaired) electrons. The molecule has 0 aliphatic carbocycles. The van der Waals surface area contributed by atoms with Gasteiger partial charge in [-0.25, -0.2) is 0 Å². The molecule has 0 saturated carbocycles. The Morgan fingerprint density at radius 3 is 2.89 bits per heavy atom. The van der Waals surface area contributed by atoms with Crippen LogP contribution in [0.5, 0.6) is 0 Å².